The second kappa shape index (κ2) is 8.31. The molecule has 2 aromatic carbocycles. The highest BCUT2D eigenvalue weighted by Crippen LogP contribution is 2.16. The quantitative estimate of drug-likeness (QED) is 0.731. The van der Waals surface area contributed by atoms with Gasteiger partial charge in [-0.3, -0.25) is 14.3 Å². The van der Waals surface area contributed by atoms with Gasteiger partial charge in [0.05, 0.1) is 25.2 Å². The SMILES string of the molecule is Cc1ccccc1CC(=O)N1CCn2nc(C(=O)NCc3ccccc3)cc2C1. The Balaban J connectivity index is 1.38. The molecule has 1 aliphatic rings. The topological polar surface area (TPSA) is 67.2 Å². The lowest BCUT2D eigenvalue weighted by atomic mass is 10.1. The Hall–Kier alpha value is -3.41. The number of hydrogen-bond acceptors (Lipinski definition) is 3. The number of fused-ring (bicyclic) bond motifs is 1. The van der Waals surface area contributed by atoms with Gasteiger partial charge in [-0.05, 0) is 29.7 Å². The molecule has 0 bridgehead atoms. The van der Waals surface area contributed by atoms with Crippen LogP contribution in [0.5, 0.6) is 0 Å². The van der Waals surface area contributed by atoms with E-state index in [4.69, 9.17) is 0 Å². The van der Waals surface area contributed by atoms with Crippen LogP contribution in [0.25, 0.3) is 0 Å². The number of rotatable bonds is 5. The molecule has 0 spiro atoms. The van der Waals surface area contributed by atoms with Crippen LogP contribution in [-0.2, 0) is 30.8 Å². The summed E-state index contributed by atoms with van der Waals surface area (Å²) in [4.78, 5) is 27.1. The zero-order valence-electron chi connectivity index (χ0n) is 16.5. The Morgan fingerprint density at radius 1 is 1.03 bits per heavy atom. The Bertz CT molecular complexity index is 1030. The molecule has 4 rings (SSSR count). The van der Waals surface area contributed by atoms with Crippen molar-refractivity contribution in [2.24, 2.45) is 0 Å². The standard InChI is InChI=1S/C23H24N4O2/c1-17-7-5-6-10-19(17)13-22(28)26-11-12-27-20(16-26)14-21(25-27)23(29)24-15-18-8-3-2-4-9-18/h2-10,14H,11-13,15-16H2,1H3,(H,24,29). The number of amides is 2. The average molecular weight is 388 g/mol. The maximum atomic E-state index is 12.7. The number of nitrogens with one attached hydrogen (secondary N) is 1. The first-order valence-corrected chi connectivity index (χ1v) is 9.81. The summed E-state index contributed by atoms with van der Waals surface area (Å²) in [6.07, 6.45) is 0.394. The summed E-state index contributed by atoms with van der Waals surface area (Å²) in [6.45, 7) is 4.16. The number of nitrogens with zero attached hydrogens (tertiary/aromatic N) is 3. The van der Waals surface area contributed by atoms with Gasteiger partial charge in [0, 0.05) is 13.1 Å². The second-order valence-corrected chi connectivity index (χ2v) is 7.33. The molecule has 0 aliphatic carbocycles. The van der Waals surface area contributed by atoms with E-state index in [-0.39, 0.29) is 11.8 Å². The van der Waals surface area contributed by atoms with Gasteiger partial charge in [-0.2, -0.15) is 5.10 Å². The third-order valence-corrected chi connectivity index (χ3v) is 5.28. The van der Waals surface area contributed by atoms with Crippen molar-refractivity contribution in [1.29, 1.82) is 0 Å². The van der Waals surface area contributed by atoms with Crippen molar-refractivity contribution in [2.75, 3.05) is 6.54 Å². The number of carbonyl (C=O) groups is 2. The van der Waals surface area contributed by atoms with Crippen LogP contribution in [0.2, 0.25) is 0 Å². The molecule has 1 aliphatic heterocycles. The summed E-state index contributed by atoms with van der Waals surface area (Å²) in [5, 5.41) is 7.32. The molecule has 0 fully saturated rings. The maximum Gasteiger partial charge on any atom is 0.272 e. The highest BCUT2D eigenvalue weighted by atomic mass is 16.2. The van der Waals surface area contributed by atoms with Crippen LogP contribution < -0.4 is 5.32 Å². The molecule has 0 saturated carbocycles. The smallest absolute Gasteiger partial charge is 0.272 e. The Morgan fingerprint density at radius 2 is 1.79 bits per heavy atom. The summed E-state index contributed by atoms with van der Waals surface area (Å²) in [5.74, 6) is -0.102. The van der Waals surface area contributed by atoms with Gasteiger partial charge in [0.2, 0.25) is 5.91 Å². The van der Waals surface area contributed by atoms with Gasteiger partial charge < -0.3 is 10.2 Å². The third-order valence-electron chi connectivity index (χ3n) is 5.28. The first-order chi connectivity index (χ1) is 14.1. The molecule has 2 heterocycles. The first-order valence-electron chi connectivity index (χ1n) is 9.81. The Morgan fingerprint density at radius 3 is 2.59 bits per heavy atom. The van der Waals surface area contributed by atoms with E-state index in [2.05, 4.69) is 10.4 Å². The molecule has 148 valence electrons. The number of hydrogen-bond donors (Lipinski definition) is 1. The first kappa shape index (κ1) is 18.9. The summed E-state index contributed by atoms with van der Waals surface area (Å²) >= 11 is 0. The van der Waals surface area contributed by atoms with Crippen LogP contribution in [0.3, 0.4) is 0 Å². The van der Waals surface area contributed by atoms with Crippen LogP contribution in [-0.4, -0.2) is 33.0 Å². The zero-order valence-corrected chi connectivity index (χ0v) is 16.5. The van der Waals surface area contributed by atoms with Crippen LogP contribution in [0.4, 0.5) is 0 Å². The van der Waals surface area contributed by atoms with Gasteiger partial charge in [-0.15, -0.1) is 0 Å². The fourth-order valence-electron chi connectivity index (χ4n) is 3.54. The molecular formula is C23H24N4O2. The number of benzene rings is 2. The fourth-order valence-corrected chi connectivity index (χ4v) is 3.54. The van der Waals surface area contributed by atoms with Crippen LogP contribution in [0, 0.1) is 6.92 Å². The van der Waals surface area contributed by atoms with Gasteiger partial charge in [0.1, 0.15) is 0 Å². The summed E-state index contributed by atoms with van der Waals surface area (Å²) in [6, 6.07) is 19.5. The molecule has 6 nitrogen and oxygen atoms in total. The predicted molar refractivity (Wildman–Crippen MR) is 110 cm³/mol. The van der Waals surface area contributed by atoms with Gasteiger partial charge in [0.25, 0.3) is 5.91 Å². The Kier molecular flexibility index (Phi) is 5.42. The van der Waals surface area contributed by atoms with Gasteiger partial charge in [-0.25, -0.2) is 0 Å². The van der Waals surface area contributed by atoms with E-state index in [1.807, 2.05) is 71.1 Å². The fraction of sp³-hybridized carbons (Fsp3) is 0.261. The summed E-state index contributed by atoms with van der Waals surface area (Å²) in [5.41, 5.74) is 4.50. The van der Waals surface area contributed by atoms with E-state index in [0.29, 0.717) is 38.3 Å². The molecule has 6 heteroatoms. The lowest BCUT2D eigenvalue weighted by Gasteiger charge is -2.28. The molecule has 29 heavy (non-hydrogen) atoms. The lowest BCUT2D eigenvalue weighted by Crippen LogP contribution is -2.39. The predicted octanol–water partition coefficient (Wildman–Crippen LogP) is 2.71. The normalized spacial score (nSPS) is 13.1. The highest BCUT2D eigenvalue weighted by Gasteiger charge is 2.24. The van der Waals surface area contributed by atoms with Crippen molar-refractivity contribution < 1.29 is 9.59 Å². The van der Waals surface area contributed by atoms with Gasteiger partial charge in [-0.1, -0.05) is 54.6 Å². The third kappa shape index (κ3) is 4.37. The van der Waals surface area contributed by atoms with Crippen LogP contribution in [0.1, 0.15) is 32.9 Å². The number of carbonyl (C=O) groups excluding carboxylic acids is 2. The molecule has 0 atom stereocenters. The van der Waals surface area contributed by atoms with Crippen molar-refractivity contribution in [3.63, 3.8) is 0 Å². The van der Waals surface area contributed by atoms with Crippen molar-refractivity contribution in [3.8, 4) is 0 Å². The van der Waals surface area contributed by atoms with Crippen LogP contribution in [0.15, 0.2) is 60.7 Å². The zero-order chi connectivity index (χ0) is 20.2. The van der Waals surface area contributed by atoms with E-state index in [1.165, 1.54) is 0 Å². The summed E-state index contributed by atoms with van der Waals surface area (Å²) in [7, 11) is 0. The molecule has 3 aromatic rings. The number of aryl methyl sites for hydroxylation is 1. The van der Waals surface area contributed by atoms with Crippen molar-refractivity contribution >= 4 is 11.8 Å². The van der Waals surface area contributed by atoms with E-state index in [9.17, 15) is 9.59 Å². The van der Waals surface area contributed by atoms with Crippen molar-refractivity contribution in [2.45, 2.75) is 33.0 Å². The van der Waals surface area contributed by atoms with E-state index in [1.54, 1.807) is 6.07 Å². The minimum atomic E-state index is -0.200. The largest absolute Gasteiger partial charge is 0.347 e. The molecule has 1 aromatic heterocycles. The minimum Gasteiger partial charge on any atom is -0.347 e. The minimum absolute atomic E-state index is 0.0989. The van der Waals surface area contributed by atoms with Gasteiger partial charge in [0.15, 0.2) is 5.69 Å². The summed E-state index contributed by atoms with van der Waals surface area (Å²) < 4.78 is 1.83. The van der Waals surface area contributed by atoms with Gasteiger partial charge >= 0.3 is 0 Å². The molecule has 0 unspecified atom stereocenters. The van der Waals surface area contributed by atoms with E-state index in [0.717, 1.165) is 22.4 Å². The van der Waals surface area contributed by atoms with E-state index >= 15 is 0 Å². The average Bonchev–Trinajstić information content (AvgIpc) is 3.18. The molecule has 0 saturated heterocycles. The lowest BCUT2D eigenvalue weighted by molar-refractivity contribution is -0.132. The van der Waals surface area contributed by atoms with Crippen molar-refractivity contribution in [3.05, 3.63) is 88.7 Å². The monoisotopic (exact) mass is 388 g/mol. The van der Waals surface area contributed by atoms with Crippen LogP contribution >= 0.6 is 0 Å². The molecular weight excluding hydrogens is 364 g/mol. The molecule has 0 radical (unpaired) electrons. The molecule has 1 N–H and O–H groups in total. The number of aromatic nitrogens is 2. The Labute approximate surface area is 170 Å². The highest BCUT2D eigenvalue weighted by molar-refractivity contribution is 5.92. The maximum absolute atomic E-state index is 12.7. The van der Waals surface area contributed by atoms with Crippen molar-refractivity contribution in [1.82, 2.24) is 20.0 Å². The van der Waals surface area contributed by atoms with E-state index < -0.39 is 0 Å². The molecule has 2 amide bonds. The second-order valence-electron chi connectivity index (χ2n) is 7.33.